The summed E-state index contributed by atoms with van der Waals surface area (Å²) in [4.78, 5) is 0. The van der Waals surface area contributed by atoms with Gasteiger partial charge >= 0.3 is 0 Å². The second-order valence-electron chi connectivity index (χ2n) is 10.6. The van der Waals surface area contributed by atoms with Crippen molar-refractivity contribution in [3.05, 3.63) is 47.0 Å². The average molecular weight is 345 g/mol. The molecule has 0 heterocycles. The van der Waals surface area contributed by atoms with Crippen LogP contribution >= 0.6 is 0 Å². The number of rotatable bonds is 4. The van der Waals surface area contributed by atoms with E-state index in [0.29, 0.717) is 0 Å². The molecule has 7 rings (SSSR count). The molecule has 0 amide bonds. The molecule has 1 aromatic carbocycles. The van der Waals surface area contributed by atoms with Gasteiger partial charge in [0.1, 0.15) is 0 Å². The van der Waals surface area contributed by atoms with Crippen molar-refractivity contribution in [1.29, 1.82) is 0 Å². The van der Waals surface area contributed by atoms with Crippen LogP contribution in [0.1, 0.15) is 51.0 Å². The van der Waals surface area contributed by atoms with Crippen LogP contribution in [0.4, 0.5) is 0 Å². The van der Waals surface area contributed by atoms with E-state index in [4.69, 9.17) is 0 Å². The Labute approximate surface area is 158 Å². The molecule has 6 aliphatic rings. The highest BCUT2D eigenvalue weighted by Crippen LogP contribution is 2.79. The van der Waals surface area contributed by atoms with Gasteiger partial charge in [0.05, 0.1) is 0 Å². The van der Waals surface area contributed by atoms with Gasteiger partial charge in [0.15, 0.2) is 0 Å². The standard InChI is InChI=1S/C26H32/c1-2-17-18(11-8-14-6-4-3-5-7-14)24-20-13-19(23(17)24)25-21-15-9-10-16(12-15)22(21)26(20)25/h3-7,15-20,23-26H,2,8-13H2,1H3. The molecule has 10 unspecified atom stereocenters. The molecule has 6 aliphatic carbocycles. The van der Waals surface area contributed by atoms with Gasteiger partial charge in [0.25, 0.3) is 0 Å². The van der Waals surface area contributed by atoms with Gasteiger partial charge in [-0.3, -0.25) is 0 Å². The molecule has 4 fully saturated rings. The molecular formula is C26H32. The summed E-state index contributed by atoms with van der Waals surface area (Å²) in [6.07, 6.45) is 10.5. The number of allylic oxidation sites excluding steroid dienone is 2. The Morgan fingerprint density at radius 1 is 0.808 bits per heavy atom. The molecule has 0 nitrogen and oxygen atoms in total. The molecule has 4 bridgehead atoms. The predicted molar refractivity (Wildman–Crippen MR) is 105 cm³/mol. The summed E-state index contributed by atoms with van der Waals surface area (Å²) in [5.74, 6) is 10.9. The molecule has 0 aliphatic heterocycles. The molecule has 1 aromatic rings. The maximum absolute atomic E-state index is 2.49. The van der Waals surface area contributed by atoms with Gasteiger partial charge in [0.2, 0.25) is 0 Å². The monoisotopic (exact) mass is 344 g/mol. The van der Waals surface area contributed by atoms with Gasteiger partial charge in [-0.25, -0.2) is 0 Å². The van der Waals surface area contributed by atoms with Crippen LogP contribution in [0, 0.1) is 59.2 Å². The number of hydrogen-bond donors (Lipinski definition) is 0. The summed E-state index contributed by atoms with van der Waals surface area (Å²) >= 11 is 0. The first-order valence-corrected chi connectivity index (χ1v) is 11.6. The van der Waals surface area contributed by atoms with Gasteiger partial charge in [0, 0.05) is 0 Å². The zero-order valence-electron chi connectivity index (χ0n) is 16.1. The van der Waals surface area contributed by atoms with Crippen LogP contribution in [0.15, 0.2) is 41.5 Å². The van der Waals surface area contributed by atoms with Crippen LogP contribution in [-0.4, -0.2) is 0 Å². The molecule has 0 aromatic heterocycles. The molecule has 4 saturated carbocycles. The summed E-state index contributed by atoms with van der Waals surface area (Å²) < 4.78 is 0. The molecule has 0 radical (unpaired) electrons. The Bertz CT molecular complexity index is 772. The number of benzene rings is 1. The molecule has 0 spiro atoms. The highest BCUT2D eigenvalue weighted by molar-refractivity contribution is 5.47. The minimum atomic E-state index is 1.05. The Kier molecular flexibility index (Phi) is 2.91. The summed E-state index contributed by atoms with van der Waals surface area (Å²) in [6.45, 7) is 2.49. The maximum Gasteiger partial charge on any atom is -0.00976 e. The molecule has 26 heavy (non-hydrogen) atoms. The molecule has 0 saturated heterocycles. The number of aryl methyl sites for hydroxylation is 1. The second kappa shape index (κ2) is 5.06. The SMILES string of the molecule is CCC1C(CCc2ccccc2)C2C3CC(C4C5=C(C6CCC5C6)C34)C12. The van der Waals surface area contributed by atoms with Crippen LogP contribution in [0.25, 0.3) is 0 Å². The van der Waals surface area contributed by atoms with E-state index >= 15 is 0 Å². The lowest BCUT2D eigenvalue weighted by Gasteiger charge is -2.62. The number of fused-ring (bicyclic) bond motifs is 14. The van der Waals surface area contributed by atoms with E-state index in [2.05, 4.69) is 48.4 Å². The smallest absolute Gasteiger partial charge is 0.00976 e. The van der Waals surface area contributed by atoms with Gasteiger partial charge in [-0.15, -0.1) is 0 Å². The normalized spacial score (nSPS) is 51.7. The van der Waals surface area contributed by atoms with E-state index in [0.717, 1.165) is 59.2 Å². The van der Waals surface area contributed by atoms with Crippen LogP contribution in [0.3, 0.4) is 0 Å². The van der Waals surface area contributed by atoms with Crippen molar-refractivity contribution in [1.82, 2.24) is 0 Å². The van der Waals surface area contributed by atoms with E-state index < -0.39 is 0 Å². The van der Waals surface area contributed by atoms with Crippen molar-refractivity contribution in [2.24, 2.45) is 59.2 Å². The van der Waals surface area contributed by atoms with Crippen LogP contribution in [0.2, 0.25) is 0 Å². The van der Waals surface area contributed by atoms with Crippen LogP contribution < -0.4 is 0 Å². The zero-order chi connectivity index (χ0) is 17.0. The quantitative estimate of drug-likeness (QED) is 0.576. The minimum Gasteiger partial charge on any atom is -0.0651 e. The van der Waals surface area contributed by atoms with Crippen molar-refractivity contribution in [2.45, 2.75) is 51.9 Å². The highest BCUT2D eigenvalue weighted by atomic mass is 14.8. The average Bonchev–Trinajstić information content (AvgIpc) is 3.33. The minimum absolute atomic E-state index is 1.05. The fourth-order valence-corrected chi connectivity index (χ4v) is 9.79. The van der Waals surface area contributed by atoms with Crippen LogP contribution in [0.5, 0.6) is 0 Å². The van der Waals surface area contributed by atoms with Gasteiger partial charge in [-0.05, 0) is 103 Å². The third-order valence-electron chi connectivity index (χ3n) is 10.3. The topological polar surface area (TPSA) is 0 Å². The Morgan fingerprint density at radius 3 is 2.12 bits per heavy atom. The second-order valence-corrected chi connectivity index (χ2v) is 10.6. The van der Waals surface area contributed by atoms with Crippen LogP contribution in [-0.2, 0) is 6.42 Å². The fraction of sp³-hybridized carbons (Fsp3) is 0.692. The third-order valence-corrected chi connectivity index (χ3v) is 10.3. The Hall–Kier alpha value is -1.04. The summed E-state index contributed by atoms with van der Waals surface area (Å²) in [6, 6.07) is 11.3. The molecule has 0 N–H and O–H groups in total. The molecule has 136 valence electrons. The van der Waals surface area contributed by atoms with Crippen molar-refractivity contribution in [2.75, 3.05) is 0 Å². The van der Waals surface area contributed by atoms with Crippen molar-refractivity contribution >= 4 is 0 Å². The van der Waals surface area contributed by atoms with Gasteiger partial charge in [-0.2, -0.15) is 0 Å². The lowest BCUT2D eigenvalue weighted by Crippen LogP contribution is -2.57. The first kappa shape index (κ1) is 14.9. The van der Waals surface area contributed by atoms with Gasteiger partial charge in [-0.1, -0.05) is 54.8 Å². The Balaban J connectivity index is 1.15. The van der Waals surface area contributed by atoms with E-state index in [-0.39, 0.29) is 0 Å². The predicted octanol–water partition coefficient (Wildman–Crippen LogP) is 6.13. The van der Waals surface area contributed by atoms with E-state index in [1.807, 2.05) is 0 Å². The first-order chi connectivity index (χ1) is 12.9. The maximum atomic E-state index is 2.49. The Morgan fingerprint density at radius 2 is 1.46 bits per heavy atom. The summed E-state index contributed by atoms with van der Waals surface area (Å²) in [5, 5.41) is 0. The van der Waals surface area contributed by atoms with Crippen molar-refractivity contribution < 1.29 is 0 Å². The summed E-state index contributed by atoms with van der Waals surface area (Å²) in [7, 11) is 0. The lowest BCUT2D eigenvalue weighted by molar-refractivity contribution is -0.101. The van der Waals surface area contributed by atoms with E-state index in [1.54, 1.807) is 31.2 Å². The molecular weight excluding hydrogens is 312 g/mol. The number of hydrogen-bond acceptors (Lipinski definition) is 0. The molecule has 10 atom stereocenters. The van der Waals surface area contributed by atoms with E-state index in [1.165, 1.54) is 19.3 Å². The highest BCUT2D eigenvalue weighted by Gasteiger charge is 2.73. The molecule has 0 heteroatoms. The largest absolute Gasteiger partial charge is 0.0651 e. The third kappa shape index (κ3) is 1.61. The lowest BCUT2D eigenvalue weighted by atomic mass is 9.42. The first-order valence-electron chi connectivity index (χ1n) is 11.6. The van der Waals surface area contributed by atoms with Gasteiger partial charge < -0.3 is 0 Å². The fourth-order valence-electron chi connectivity index (χ4n) is 9.79. The summed E-state index contributed by atoms with van der Waals surface area (Å²) in [5.41, 5.74) is 5.70. The van der Waals surface area contributed by atoms with Crippen molar-refractivity contribution in [3.63, 3.8) is 0 Å². The van der Waals surface area contributed by atoms with Crippen molar-refractivity contribution in [3.8, 4) is 0 Å². The van der Waals surface area contributed by atoms with E-state index in [9.17, 15) is 0 Å². The zero-order valence-corrected chi connectivity index (χ0v) is 16.1.